The van der Waals surface area contributed by atoms with Gasteiger partial charge in [0, 0.05) is 18.3 Å². The number of likely N-dealkylation sites (N-methyl/N-ethyl adjacent to an activating group) is 1. The monoisotopic (exact) mass is 274 g/mol. The second kappa shape index (κ2) is 8.31. The van der Waals surface area contributed by atoms with E-state index in [9.17, 15) is 0 Å². The topological polar surface area (TPSA) is 15.3 Å². The number of hydrogen-bond donors (Lipinski definition) is 1. The Morgan fingerprint density at radius 2 is 1.95 bits per heavy atom. The van der Waals surface area contributed by atoms with E-state index in [1.54, 1.807) is 0 Å². The fourth-order valence-electron chi connectivity index (χ4n) is 3.01. The largest absolute Gasteiger partial charge is 0.383 e. The van der Waals surface area contributed by atoms with Gasteiger partial charge in [0.05, 0.1) is 0 Å². The van der Waals surface area contributed by atoms with E-state index in [0.29, 0.717) is 6.04 Å². The molecule has 1 fully saturated rings. The number of nitrogens with zero attached hydrogens (tertiary/aromatic N) is 1. The van der Waals surface area contributed by atoms with Crippen molar-refractivity contribution in [3.05, 3.63) is 29.8 Å². The van der Waals surface area contributed by atoms with Crippen molar-refractivity contribution < 1.29 is 0 Å². The third-order valence-corrected chi connectivity index (χ3v) is 4.49. The van der Waals surface area contributed by atoms with Crippen LogP contribution in [0.5, 0.6) is 0 Å². The molecule has 0 radical (unpaired) electrons. The molecular formula is C18H30N2. The Morgan fingerprint density at radius 3 is 2.65 bits per heavy atom. The van der Waals surface area contributed by atoms with Crippen molar-refractivity contribution in [3.8, 4) is 0 Å². The number of piperidine rings is 1. The van der Waals surface area contributed by atoms with Gasteiger partial charge in [-0.25, -0.2) is 0 Å². The van der Waals surface area contributed by atoms with Gasteiger partial charge in [-0.3, -0.25) is 0 Å². The average molecular weight is 274 g/mol. The minimum absolute atomic E-state index is 0.702. The summed E-state index contributed by atoms with van der Waals surface area (Å²) in [7, 11) is 2.25. The van der Waals surface area contributed by atoms with Crippen LogP contribution in [0.2, 0.25) is 0 Å². The summed E-state index contributed by atoms with van der Waals surface area (Å²) < 4.78 is 0. The first kappa shape index (κ1) is 15.4. The maximum Gasteiger partial charge on any atom is 0.0340 e. The summed E-state index contributed by atoms with van der Waals surface area (Å²) in [6, 6.07) is 9.74. The number of likely N-dealkylation sites (tertiary alicyclic amines) is 1. The van der Waals surface area contributed by atoms with Gasteiger partial charge in [-0.1, -0.05) is 38.3 Å². The second-order valence-electron chi connectivity index (χ2n) is 6.17. The zero-order valence-electron chi connectivity index (χ0n) is 13.2. The van der Waals surface area contributed by atoms with E-state index in [0.717, 1.165) is 6.54 Å². The Bertz CT molecular complexity index is 372. The maximum atomic E-state index is 3.60. The smallest absolute Gasteiger partial charge is 0.0340 e. The molecule has 1 heterocycles. The number of rotatable bonds is 7. The lowest BCUT2D eigenvalue weighted by Gasteiger charge is -2.32. The Labute approximate surface area is 124 Å². The molecule has 1 saturated heterocycles. The predicted octanol–water partition coefficient (Wildman–Crippen LogP) is 4.32. The number of benzene rings is 1. The van der Waals surface area contributed by atoms with Crippen LogP contribution in [0, 0.1) is 0 Å². The van der Waals surface area contributed by atoms with Crippen LogP contribution in [-0.4, -0.2) is 31.1 Å². The van der Waals surface area contributed by atoms with E-state index in [1.165, 1.54) is 62.7 Å². The molecule has 2 heteroatoms. The number of anilines is 1. The molecular weight excluding hydrogens is 244 g/mol. The summed E-state index contributed by atoms with van der Waals surface area (Å²) in [6.07, 6.45) is 9.25. The van der Waals surface area contributed by atoms with Crippen LogP contribution < -0.4 is 5.32 Å². The number of unbranched alkanes of at least 4 members (excludes halogenated alkanes) is 2. The van der Waals surface area contributed by atoms with E-state index < -0.39 is 0 Å². The highest BCUT2D eigenvalue weighted by atomic mass is 15.2. The lowest BCUT2D eigenvalue weighted by atomic mass is 10.0. The van der Waals surface area contributed by atoms with Crippen LogP contribution in [0.15, 0.2) is 24.3 Å². The molecule has 2 nitrogen and oxygen atoms in total. The molecule has 1 N–H and O–H groups in total. The first-order valence-corrected chi connectivity index (χ1v) is 8.32. The Morgan fingerprint density at radius 1 is 1.15 bits per heavy atom. The zero-order valence-corrected chi connectivity index (χ0v) is 13.2. The molecule has 20 heavy (non-hydrogen) atoms. The Balaban J connectivity index is 1.75. The molecule has 1 aliphatic rings. The third-order valence-electron chi connectivity index (χ3n) is 4.49. The van der Waals surface area contributed by atoms with Gasteiger partial charge in [-0.2, -0.15) is 0 Å². The molecule has 0 aliphatic carbocycles. The molecule has 0 amide bonds. The highest BCUT2D eigenvalue weighted by Crippen LogP contribution is 2.17. The second-order valence-corrected chi connectivity index (χ2v) is 6.17. The molecule has 0 saturated carbocycles. The molecule has 1 aromatic rings. The lowest BCUT2D eigenvalue weighted by molar-refractivity contribution is 0.194. The first-order chi connectivity index (χ1) is 9.79. The van der Waals surface area contributed by atoms with E-state index in [2.05, 4.69) is 48.5 Å². The van der Waals surface area contributed by atoms with Gasteiger partial charge in [0.15, 0.2) is 0 Å². The molecule has 0 bridgehead atoms. The quantitative estimate of drug-likeness (QED) is 0.745. The molecule has 0 aromatic heterocycles. The maximum absolute atomic E-state index is 3.60. The van der Waals surface area contributed by atoms with Crippen molar-refractivity contribution in [1.29, 1.82) is 0 Å². The molecule has 1 aliphatic heterocycles. The Hall–Kier alpha value is -1.02. The summed E-state index contributed by atoms with van der Waals surface area (Å²) in [5.41, 5.74) is 2.74. The van der Waals surface area contributed by atoms with Gasteiger partial charge >= 0.3 is 0 Å². The highest BCUT2D eigenvalue weighted by Gasteiger charge is 2.18. The third kappa shape index (κ3) is 4.82. The van der Waals surface area contributed by atoms with Gasteiger partial charge in [0.2, 0.25) is 0 Å². The van der Waals surface area contributed by atoms with Crippen molar-refractivity contribution in [2.75, 3.05) is 25.5 Å². The SMILES string of the molecule is CCCCCc1ccc(NCC2CCCCN2C)cc1. The van der Waals surface area contributed by atoms with Gasteiger partial charge in [0.1, 0.15) is 0 Å². The molecule has 112 valence electrons. The van der Waals surface area contributed by atoms with Crippen molar-refractivity contribution >= 4 is 5.69 Å². The van der Waals surface area contributed by atoms with Crippen LogP contribution in [0.3, 0.4) is 0 Å². The molecule has 1 atom stereocenters. The van der Waals surface area contributed by atoms with Crippen molar-refractivity contribution in [2.45, 2.75) is 57.9 Å². The van der Waals surface area contributed by atoms with Gasteiger partial charge in [-0.15, -0.1) is 0 Å². The average Bonchev–Trinajstić information content (AvgIpc) is 2.48. The molecule has 2 rings (SSSR count). The molecule has 0 spiro atoms. The fraction of sp³-hybridized carbons (Fsp3) is 0.667. The van der Waals surface area contributed by atoms with Crippen LogP contribution >= 0.6 is 0 Å². The molecule has 1 aromatic carbocycles. The lowest BCUT2D eigenvalue weighted by Crippen LogP contribution is -2.40. The van der Waals surface area contributed by atoms with Crippen molar-refractivity contribution in [2.24, 2.45) is 0 Å². The predicted molar refractivity (Wildman–Crippen MR) is 88.4 cm³/mol. The summed E-state index contributed by atoms with van der Waals surface area (Å²) >= 11 is 0. The normalized spacial score (nSPS) is 20.0. The van der Waals surface area contributed by atoms with Crippen LogP contribution in [-0.2, 0) is 6.42 Å². The van der Waals surface area contributed by atoms with E-state index in [1.807, 2.05) is 0 Å². The minimum Gasteiger partial charge on any atom is -0.383 e. The fourth-order valence-corrected chi connectivity index (χ4v) is 3.01. The Kier molecular flexibility index (Phi) is 6.38. The van der Waals surface area contributed by atoms with Crippen molar-refractivity contribution in [3.63, 3.8) is 0 Å². The van der Waals surface area contributed by atoms with Crippen LogP contribution in [0.25, 0.3) is 0 Å². The van der Waals surface area contributed by atoms with Gasteiger partial charge < -0.3 is 10.2 Å². The zero-order chi connectivity index (χ0) is 14.2. The minimum atomic E-state index is 0.702. The summed E-state index contributed by atoms with van der Waals surface area (Å²) in [4.78, 5) is 2.50. The van der Waals surface area contributed by atoms with Gasteiger partial charge in [0.25, 0.3) is 0 Å². The number of aryl methyl sites for hydroxylation is 1. The van der Waals surface area contributed by atoms with Crippen molar-refractivity contribution in [1.82, 2.24) is 4.90 Å². The highest BCUT2D eigenvalue weighted by molar-refractivity contribution is 5.44. The standard InChI is InChI=1S/C18H30N2/c1-3-4-5-8-16-10-12-17(13-11-16)19-15-18-9-6-7-14-20(18)2/h10-13,18-19H,3-9,14-15H2,1-2H3. The summed E-state index contributed by atoms with van der Waals surface area (Å²) in [5, 5.41) is 3.60. The first-order valence-electron chi connectivity index (χ1n) is 8.32. The van der Waals surface area contributed by atoms with Gasteiger partial charge in [-0.05, 0) is 57.0 Å². The summed E-state index contributed by atoms with van der Waals surface area (Å²) in [6.45, 7) is 4.59. The number of hydrogen-bond acceptors (Lipinski definition) is 2. The summed E-state index contributed by atoms with van der Waals surface area (Å²) in [5.74, 6) is 0. The van der Waals surface area contributed by atoms with Crippen LogP contribution in [0.4, 0.5) is 5.69 Å². The number of nitrogens with one attached hydrogen (secondary N) is 1. The van der Waals surface area contributed by atoms with Crippen LogP contribution in [0.1, 0.15) is 51.0 Å². The van der Waals surface area contributed by atoms with E-state index in [-0.39, 0.29) is 0 Å². The van der Waals surface area contributed by atoms with E-state index >= 15 is 0 Å². The molecule has 1 unspecified atom stereocenters. The van der Waals surface area contributed by atoms with E-state index in [4.69, 9.17) is 0 Å².